The van der Waals surface area contributed by atoms with Gasteiger partial charge in [-0.3, -0.25) is 9.78 Å². The number of carboxylic acid groups (broad SMARTS) is 1. The first-order chi connectivity index (χ1) is 20.4. The molecule has 2 heterocycles. The largest absolute Gasteiger partial charge is 0.480 e. The fraction of sp³-hybridized carbons (Fsp3) is 0.294. The van der Waals surface area contributed by atoms with Crippen LogP contribution in [0.1, 0.15) is 51.2 Å². The molecule has 0 unspecified atom stereocenters. The Kier molecular flexibility index (Phi) is 8.81. The van der Waals surface area contributed by atoms with Gasteiger partial charge in [-0.25, -0.2) is 9.79 Å². The van der Waals surface area contributed by atoms with E-state index in [9.17, 15) is 14.7 Å². The molecule has 0 spiro atoms. The van der Waals surface area contributed by atoms with E-state index in [1.54, 1.807) is 6.20 Å². The summed E-state index contributed by atoms with van der Waals surface area (Å²) >= 11 is 0. The molecule has 8 heteroatoms. The van der Waals surface area contributed by atoms with E-state index in [0.717, 1.165) is 57.1 Å². The predicted molar refractivity (Wildman–Crippen MR) is 165 cm³/mol. The third-order valence-electron chi connectivity index (χ3n) is 7.55. The van der Waals surface area contributed by atoms with E-state index in [0.29, 0.717) is 18.9 Å². The van der Waals surface area contributed by atoms with Crippen LogP contribution < -0.4 is 0 Å². The minimum Gasteiger partial charge on any atom is -0.480 e. The van der Waals surface area contributed by atoms with Gasteiger partial charge in [0.15, 0.2) is 12.5 Å². The van der Waals surface area contributed by atoms with E-state index in [2.05, 4.69) is 50.5 Å². The van der Waals surface area contributed by atoms with Gasteiger partial charge in [-0.1, -0.05) is 69.7 Å². The van der Waals surface area contributed by atoms with Crippen molar-refractivity contribution in [1.82, 2.24) is 9.88 Å². The summed E-state index contributed by atoms with van der Waals surface area (Å²) in [5, 5.41) is 19.3. The van der Waals surface area contributed by atoms with E-state index in [-0.39, 0.29) is 18.4 Å². The highest BCUT2D eigenvalue weighted by atomic mass is 16.4. The number of hydrogen-bond donors (Lipinski definition) is 1. The number of aromatic nitrogens is 1. The van der Waals surface area contributed by atoms with Crippen molar-refractivity contribution in [3.8, 4) is 22.3 Å². The highest BCUT2D eigenvalue weighted by Crippen LogP contribution is 2.33. The second-order valence-corrected chi connectivity index (χ2v) is 10.9. The lowest BCUT2D eigenvalue weighted by Crippen LogP contribution is -2.47. The summed E-state index contributed by atoms with van der Waals surface area (Å²) in [6.45, 7) is 6.25. The maximum atomic E-state index is 13.1. The number of nitrogens with zero attached hydrogens (tertiary/aromatic N) is 5. The molecule has 5 rings (SSSR count). The summed E-state index contributed by atoms with van der Waals surface area (Å²) in [5.74, 6) is -0.738. The van der Waals surface area contributed by atoms with Crippen LogP contribution in [0.3, 0.4) is 0 Å². The van der Waals surface area contributed by atoms with Gasteiger partial charge in [0.2, 0.25) is 5.91 Å². The molecule has 214 valence electrons. The molecule has 0 bridgehead atoms. The van der Waals surface area contributed by atoms with Gasteiger partial charge in [-0.05, 0) is 70.5 Å². The smallest absolute Gasteiger partial charge is 0.326 e. The van der Waals surface area contributed by atoms with Gasteiger partial charge in [0.05, 0.1) is 5.52 Å². The third kappa shape index (κ3) is 6.28. The van der Waals surface area contributed by atoms with Crippen LogP contribution in [0.15, 0.2) is 94.2 Å². The number of pyridine rings is 1. The van der Waals surface area contributed by atoms with Crippen molar-refractivity contribution in [3.05, 3.63) is 90.1 Å². The number of carbonyl (C=O) groups excluding carboxylic acids is 1. The van der Waals surface area contributed by atoms with E-state index in [1.165, 1.54) is 4.90 Å². The van der Waals surface area contributed by atoms with Crippen LogP contribution in [0.25, 0.3) is 33.2 Å². The molecular weight excluding hydrogens is 526 g/mol. The SMILES string of the molecule is CCCCC(=O)N(Cc1ccc(-c2cc(-c3ccc4ncccc4c3)ccc2C2=NCN=N2)cc1)[C@H](C(=O)O)C(C)C. The number of aliphatic imine (C=N–C) groups is 1. The highest BCUT2D eigenvalue weighted by Gasteiger charge is 2.32. The molecule has 1 aliphatic rings. The van der Waals surface area contributed by atoms with E-state index < -0.39 is 12.0 Å². The first-order valence-electron chi connectivity index (χ1n) is 14.4. The molecule has 0 saturated carbocycles. The van der Waals surface area contributed by atoms with Crippen molar-refractivity contribution in [2.75, 3.05) is 6.67 Å². The Bertz CT molecular complexity index is 1660. The second-order valence-electron chi connectivity index (χ2n) is 10.9. The quantitative estimate of drug-likeness (QED) is 0.206. The Labute approximate surface area is 245 Å². The molecule has 8 nitrogen and oxygen atoms in total. The van der Waals surface area contributed by atoms with Crippen LogP contribution in [-0.4, -0.2) is 45.4 Å². The van der Waals surface area contributed by atoms with Crippen LogP contribution in [0, 0.1) is 5.92 Å². The molecule has 0 aliphatic carbocycles. The number of aliphatic carboxylic acids is 1. The Morgan fingerprint density at radius 1 is 0.929 bits per heavy atom. The van der Waals surface area contributed by atoms with Gasteiger partial charge in [0, 0.05) is 30.1 Å². The summed E-state index contributed by atoms with van der Waals surface area (Å²) < 4.78 is 0. The molecule has 1 aromatic heterocycles. The van der Waals surface area contributed by atoms with Crippen LogP contribution in [0.5, 0.6) is 0 Å². The monoisotopic (exact) mass is 561 g/mol. The minimum atomic E-state index is -0.983. The predicted octanol–water partition coefficient (Wildman–Crippen LogP) is 7.37. The molecule has 0 saturated heterocycles. The van der Waals surface area contributed by atoms with Gasteiger partial charge in [0.25, 0.3) is 0 Å². The Morgan fingerprint density at radius 2 is 1.67 bits per heavy atom. The van der Waals surface area contributed by atoms with Crippen molar-refractivity contribution in [2.24, 2.45) is 21.1 Å². The molecule has 1 atom stereocenters. The van der Waals surface area contributed by atoms with Crippen LogP contribution in [-0.2, 0) is 16.1 Å². The lowest BCUT2D eigenvalue weighted by Gasteiger charge is -2.32. The van der Waals surface area contributed by atoms with Crippen LogP contribution in [0.4, 0.5) is 0 Å². The number of rotatable bonds is 11. The number of amidine groups is 1. The Morgan fingerprint density at radius 3 is 2.36 bits per heavy atom. The number of amides is 1. The normalized spacial score (nSPS) is 13.4. The fourth-order valence-corrected chi connectivity index (χ4v) is 5.36. The standard InChI is InChI=1S/C34H35N5O3/c1-4-5-8-31(40)39(32(22(2)3)34(41)42)20-23-9-11-24(12-10-23)29-19-26(13-15-28(29)33-36-21-37-38-33)25-14-16-30-27(18-25)7-6-17-35-30/h6-7,9-19,22,32H,4-5,8,20-21H2,1-3H3,(H,41,42)/t32-/m0/s1. The topological polar surface area (TPSA) is 108 Å². The number of fused-ring (bicyclic) bond motifs is 1. The molecule has 3 aromatic carbocycles. The number of hydrogen-bond acceptors (Lipinski definition) is 6. The molecule has 0 fully saturated rings. The van der Waals surface area contributed by atoms with Crippen molar-refractivity contribution in [1.29, 1.82) is 0 Å². The van der Waals surface area contributed by atoms with Crippen molar-refractivity contribution in [2.45, 2.75) is 52.6 Å². The Hall–Kier alpha value is -4.72. The zero-order valence-corrected chi connectivity index (χ0v) is 24.2. The summed E-state index contributed by atoms with van der Waals surface area (Å²) in [6, 6.07) is 23.5. The molecule has 4 aromatic rings. The summed E-state index contributed by atoms with van der Waals surface area (Å²) in [4.78, 5) is 35.7. The molecule has 1 N–H and O–H groups in total. The molecule has 0 radical (unpaired) electrons. The van der Waals surface area contributed by atoms with Gasteiger partial charge < -0.3 is 10.0 Å². The number of azo groups is 1. The highest BCUT2D eigenvalue weighted by molar-refractivity contribution is 6.06. The lowest BCUT2D eigenvalue weighted by molar-refractivity contribution is -0.153. The molecule has 42 heavy (non-hydrogen) atoms. The first kappa shape index (κ1) is 28.8. The summed E-state index contributed by atoms with van der Waals surface area (Å²) in [5.41, 5.74) is 6.75. The van der Waals surface area contributed by atoms with E-state index in [1.807, 2.05) is 63.2 Å². The minimum absolute atomic E-state index is 0.132. The fourth-order valence-electron chi connectivity index (χ4n) is 5.36. The maximum absolute atomic E-state index is 13.1. The molecular formula is C34H35N5O3. The first-order valence-corrected chi connectivity index (χ1v) is 14.4. The molecule has 1 aliphatic heterocycles. The molecule has 1 amide bonds. The summed E-state index contributed by atoms with van der Waals surface area (Å²) in [6.07, 6.45) is 3.73. The average molecular weight is 562 g/mol. The van der Waals surface area contributed by atoms with Crippen LogP contribution in [0.2, 0.25) is 0 Å². The van der Waals surface area contributed by atoms with Crippen LogP contribution >= 0.6 is 0 Å². The van der Waals surface area contributed by atoms with E-state index in [4.69, 9.17) is 0 Å². The average Bonchev–Trinajstić information content (AvgIpc) is 3.54. The zero-order valence-electron chi connectivity index (χ0n) is 24.2. The van der Waals surface area contributed by atoms with Gasteiger partial charge in [0.1, 0.15) is 6.04 Å². The number of carbonyl (C=O) groups is 2. The summed E-state index contributed by atoms with van der Waals surface area (Å²) in [7, 11) is 0. The van der Waals surface area contributed by atoms with E-state index >= 15 is 0 Å². The zero-order chi connectivity index (χ0) is 29.6. The Balaban J connectivity index is 1.50. The number of unbranched alkanes of at least 4 members (excludes halogenated alkanes) is 1. The lowest BCUT2D eigenvalue weighted by atomic mass is 9.93. The number of benzene rings is 3. The third-order valence-corrected chi connectivity index (χ3v) is 7.55. The van der Waals surface area contributed by atoms with Gasteiger partial charge in [-0.2, -0.15) is 5.11 Å². The van der Waals surface area contributed by atoms with Gasteiger partial charge in [-0.15, -0.1) is 5.11 Å². The number of carboxylic acids is 1. The van der Waals surface area contributed by atoms with Crippen molar-refractivity contribution in [3.63, 3.8) is 0 Å². The van der Waals surface area contributed by atoms with Gasteiger partial charge >= 0.3 is 5.97 Å². The maximum Gasteiger partial charge on any atom is 0.326 e. The van der Waals surface area contributed by atoms with Crippen molar-refractivity contribution < 1.29 is 14.7 Å². The van der Waals surface area contributed by atoms with Crippen molar-refractivity contribution >= 4 is 28.6 Å². The second kappa shape index (κ2) is 12.9.